The Morgan fingerprint density at radius 3 is 2.62 bits per heavy atom. The van der Waals surface area contributed by atoms with Crippen LogP contribution in [0.15, 0.2) is 47.4 Å². The van der Waals surface area contributed by atoms with Gasteiger partial charge in [-0.3, -0.25) is 0 Å². The van der Waals surface area contributed by atoms with Crippen LogP contribution in [0.5, 0.6) is 0 Å². The van der Waals surface area contributed by atoms with Crippen molar-refractivity contribution in [3.63, 3.8) is 0 Å². The Kier molecular flexibility index (Phi) is 5.65. The van der Waals surface area contributed by atoms with E-state index < -0.39 is 11.8 Å². The number of halogens is 2. The number of hydrogen-bond acceptors (Lipinski definition) is 8. The summed E-state index contributed by atoms with van der Waals surface area (Å²) >= 11 is 12.5. The van der Waals surface area contributed by atoms with Gasteiger partial charge in [0.05, 0.1) is 33.3 Å². The summed E-state index contributed by atoms with van der Waals surface area (Å²) in [4.78, 5) is 27.6. The number of nitrogens with two attached hydrogens (primary N) is 1. The predicted octanol–water partition coefficient (Wildman–Crippen LogP) is 3.33. The van der Waals surface area contributed by atoms with Crippen molar-refractivity contribution in [2.75, 3.05) is 25.1 Å². The zero-order valence-electron chi connectivity index (χ0n) is 18.3. The zero-order chi connectivity index (χ0) is 24.1. The summed E-state index contributed by atoms with van der Waals surface area (Å²) in [5.41, 5.74) is 8.92. The molecule has 4 aromatic rings. The second kappa shape index (κ2) is 8.52. The van der Waals surface area contributed by atoms with Crippen LogP contribution in [0.1, 0.15) is 17.2 Å². The van der Waals surface area contributed by atoms with Gasteiger partial charge in [0.15, 0.2) is 5.65 Å². The van der Waals surface area contributed by atoms with Crippen LogP contribution in [0.3, 0.4) is 0 Å². The number of aliphatic hydroxyl groups is 1. The number of hydrogen-bond donors (Lipinski definition) is 3. The van der Waals surface area contributed by atoms with E-state index in [1.54, 1.807) is 18.2 Å². The van der Waals surface area contributed by atoms with Crippen molar-refractivity contribution in [1.82, 2.24) is 24.4 Å². The average molecular weight is 498 g/mol. The molecule has 0 spiro atoms. The molecule has 5 rings (SSSR count). The van der Waals surface area contributed by atoms with Crippen molar-refractivity contribution in [1.29, 1.82) is 0 Å². The fourth-order valence-corrected chi connectivity index (χ4v) is 4.98. The van der Waals surface area contributed by atoms with Crippen molar-refractivity contribution in [3.05, 3.63) is 74.3 Å². The topological polar surface area (TPSA) is 122 Å². The molecule has 0 unspecified atom stereocenters. The number of aliphatic hydroxyl groups excluding tert-OH is 1. The molecule has 9 nitrogen and oxygen atoms in total. The van der Waals surface area contributed by atoms with Crippen LogP contribution in [-0.2, 0) is 6.42 Å². The second-order valence-corrected chi connectivity index (χ2v) is 9.15. The van der Waals surface area contributed by atoms with E-state index in [1.807, 2.05) is 37.2 Å². The van der Waals surface area contributed by atoms with Crippen molar-refractivity contribution in [3.8, 4) is 5.69 Å². The number of para-hydroxylation sites is 1. The molecule has 2 heterocycles. The average Bonchev–Trinajstić information content (AvgIpc) is 3.10. The highest BCUT2D eigenvalue weighted by molar-refractivity contribution is 6.37. The molecule has 0 radical (unpaired) electrons. The second-order valence-electron chi connectivity index (χ2n) is 8.33. The molecule has 0 saturated heterocycles. The highest BCUT2D eigenvalue weighted by atomic mass is 35.5. The Hall–Kier alpha value is -3.24. The lowest BCUT2D eigenvalue weighted by Gasteiger charge is -2.24. The Morgan fingerprint density at radius 2 is 1.91 bits per heavy atom. The van der Waals surface area contributed by atoms with Gasteiger partial charge < -0.3 is 21.1 Å². The molecule has 0 aliphatic heterocycles. The Bertz CT molecular complexity index is 1470. The molecule has 0 amide bonds. The van der Waals surface area contributed by atoms with Crippen LogP contribution in [0.2, 0.25) is 10.0 Å². The van der Waals surface area contributed by atoms with Gasteiger partial charge in [-0.25, -0.2) is 14.3 Å². The molecule has 1 aliphatic rings. The minimum absolute atomic E-state index is 0.0805. The van der Waals surface area contributed by atoms with Crippen molar-refractivity contribution >= 4 is 51.7 Å². The number of rotatable bonds is 4. The lowest BCUT2D eigenvalue weighted by atomic mass is 10.1. The van der Waals surface area contributed by atoms with E-state index in [4.69, 9.17) is 28.9 Å². The first-order valence-corrected chi connectivity index (χ1v) is 11.2. The third-order valence-corrected chi connectivity index (χ3v) is 6.52. The number of fused-ring (bicyclic) bond motifs is 2. The van der Waals surface area contributed by atoms with Gasteiger partial charge in [0.25, 0.3) is 0 Å². The SMILES string of the molecule is CN(C)[C@@H]1c2cc(Nc3ncc4c(N)n(-c5c(Cl)cccc5Cl)c(=O)nc4n3)ccc2C[C@@H]1O. The molecule has 1 aliphatic carbocycles. The van der Waals surface area contributed by atoms with Crippen molar-refractivity contribution in [2.24, 2.45) is 0 Å². The molecule has 0 fully saturated rings. The number of nitrogens with one attached hydrogen (secondary N) is 1. The van der Waals surface area contributed by atoms with Crippen molar-refractivity contribution in [2.45, 2.75) is 18.6 Å². The van der Waals surface area contributed by atoms with Crippen LogP contribution in [0, 0.1) is 0 Å². The molecule has 2 atom stereocenters. The molecule has 4 N–H and O–H groups in total. The predicted molar refractivity (Wildman–Crippen MR) is 133 cm³/mol. The number of aromatic nitrogens is 4. The van der Waals surface area contributed by atoms with E-state index in [2.05, 4.69) is 20.3 Å². The normalized spacial score (nSPS) is 17.4. The van der Waals surface area contributed by atoms with E-state index in [9.17, 15) is 9.90 Å². The first-order chi connectivity index (χ1) is 16.2. The number of anilines is 3. The van der Waals surface area contributed by atoms with Crippen LogP contribution in [-0.4, -0.2) is 49.7 Å². The summed E-state index contributed by atoms with van der Waals surface area (Å²) in [5, 5.41) is 14.5. The highest BCUT2D eigenvalue weighted by Gasteiger charge is 2.32. The van der Waals surface area contributed by atoms with E-state index in [1.165, 1.54) is 6.20 Å². The molecular formula is C23H21Cl2N7O2. The smallest absolute Gasteiger partial charge is 0.355 e. The quantitative estimate of drug-likeness (QED) is 0.392. The maximum Gasteiger partial charge on any atom is 0.355 e. The monoisotopic (exact) mass is 497 g/mol. The van der Waals surface area contributed by atoms with Crippen LogP contribution in [0.25, 0.3) is 16.7 Å². The summed E-state index contributed by atoms with van der Waals surface area (Å²) < 4.78 is 1.15. The molecule has 2 aromatic heterocycles. The summed E-state index contributed by atoms with van der Waals surface area (Å²) in [6, 6.07) is 10.7. The summed E-state index contributed by atoms with van der Waals surface area (Å²) in [6.45, 7) is 0. The molecule has 0 saturated carbocycles. The Balaban J connectivity index is 1.53. The molecule has 174 valence electrons. The van der Waals surface area contributed by atoms with Crippen LogP contribution >= 0.6 is 23.2 Å². The largest absolute Gasteiger partial charge is 0.391 e. The van der Waals surface area contributed by atoms with E-state index in [-0.39, 0.29) is 39.2 Å². The maximum atomic E-state index is 12.8. The van der Waals surface area contributed by atoms with Gasteiger partial charge in [-0.05, 0) is 49.5 Å². The van der Waals surface area contributed by atoms with Gasteiger partial charge in [0.2, 0.25) is 5.95 Å². The first-order valence-electron chi connectivity index (χ1n) is 10.5. The third kappa shape index (κ3) is 3.76. The van der Waals surface area contributed by atoms with Crippen LogP contribution in [0.4, 0.5) is 17.5 Å². The van der Waals surface area contributed by atoms with Crippen LogP contribution < -0.4 is 16.7 Å². The van der Waals surface area contributed by atoms with Crippen molar-refractivity contribution < 1.29 is 5.11 Å². The van der Waals surface area contributed by atoms with Gasteiger partial charge in [0, 0.05) is 18.3 Å². The minimum Gasteiger partial charge on any atom is -0.391 e. The fraction of sp³-hybridized carbons (Fsp3) is 0.217. The number of nitrogens with zero attached hydrogens (tertiary/aromatic N) is 5. The van der Waals surface area contributed by atoms with Gasteiger partial charge >= 0.3 is 5.69 Å². The lowest BCUT2D eigenvalue weighted by Crippen LogP contribution is -2.27. The Morgan fingerprint density at radius 1 is 1.18 bits per heavy atom. The summed E-state index contributed by atoms with van der Waals surface area (Å²) in [7, 11) is 3.88. The zero-order valence-corrected chi connectivity index (χ0v) is 19.8. The highest BCUT2D eigenvalue weighted by Crippen LogP contribution is 2.37. The fourth-order valence-electron chi connectivity index (χ4n) is 4.41. The first kappa shape index (κ1) is 22.5. The van der Waals surface area contributed by atoms with Gasteiger partial charge in [-0.2, -0.15) is 9.97 Å². The summed E-state index contributed by atoms with van der Waals surface area (Å²) in [6.07, 6.45) is 1.64. The lowest BCUT2D eigenvalue weighted by molar-refractivity contribution is 0.0902. The molecular weight excluding hydrogens is 477 g/mol. The van der Waals surface area contributed by atoms with E-state index in [0.29, 0.717) is 11.8 Å². The third-order valence-electron chi connectivity index (χ3n) is 5.91. The van der Waals surface area contributed by atoms with E-state index >= 15 is 0 Å². The standard InChI is InChI=1S/C23H21Cl2N7O2/c1-31(2)18-13-9-12(7-6-11(13)8-17(18)33)28-22-27-10-14-20(26)32(23(34)30-21(14)29-22)19-15(24)4-3-5-16(19)25/h3-7,9-10,17-18,33H,8,26H2,1-2H3,(H,28,29,30,34)/t17-,18+/m0/s1. The number of likely N-dealkylation sites (N-methyl/N-ethyl adjacent to an activating group) is 1. The maximum absolute atomic E-state index is 12.8. The Labute approximate surface area is 204 Å². The van der Waals surface area contributed by atoms with Gasteiger partial charge in [-0.15, -0.1) is 0 Å². The van der Waals surface area contributed by atoms with Gasteiger partial charge in [0.1, 0.15) is 5.82 Å². The number of benzene rings is 2. The molecule has 11 heteroatoms. The van der Waals surface area contributed by atoms with Gasteiger partial charge in [-0.1, -0.05) is 35.3 Å². The minimum atomic E-state index is -0.662. The number of nitrogen functional groups attached to an aromatic ring is 1. The molecule has 2 aromatic carbocycles. The summed E-state index contributed by atoms with van der Waals surface area (Å²) in [5.74, 6) is 0.337. The molecule has 34 heavy (non-hydrogen) atoms. The molecule has 0 bridgehead atoms. The van der Waals surface area contributed by atoms with E-state index in [0.717, 1.165) is 21.4 Å².